The molecule has 0 saturated heterocycles. The van der Waals surface area contributed by atoms with E-state index in [9.17, 15) is 0 Å². The van der Waals surface area contributed by atoms with E-state index >= 15 is 0 Å². The lowest BCUT2D eigenvalue weighted by molar-refractivity contribution is -0.140. The minimum absolute atomic E-state index is 0.261. The molecule has 0 aromatic heterocycles. The fourth-order valence-corrected chi connectivity index (χ4v) is 3.45. The van der Waals surface area contributed by atoms with Crippen LogP contribution in [0.3, 0.4) is 0 Å². The summed E-state index contributed by atoms with van der Waals surface area (Å²) in [7, 11) is 0. The van der Waals surface area contributed by atoms with Crippen LogP contribution in [0.25, 0.3) is 0 Å². The molecule has 5 nitrogen and oxygen atoms in total. The molecule has 0 amide bonds. The van der Waals surface area contributed by atoms with Gasteiger partial charge < -0.3 is 25.8 Å². The Morgan fingerprint density at radius 3 is 1.58 bits per heavy atom. The largest absolute Gasteiger partial charge is 0.349 e. The summed E-state index contributed by atoms with van der Waals surface area (Å²) < 4.78 is 11.3. The van der Waals surface area contributed by atoms with Crippen molar-refractivity contribution >= 4 is 0 Å². The molecule has 0 radical (unpaired) electrons. The van der Waals surface area contributed by atoms with Gasteiger partial charge in [0, 0.05) is 38.4 Å². The van der Waals surface area contributed by atoms with Gasteiger partial charge in [-0.1, -0.05) is 61.4 Å². The van der Waals surface area contributed by atoms with Crippen LogP contribution in [0, 0.1) is 0 Å². The van der Waals surface area contributed by atoms with Crippen LogP contribution in [0.5, 0.6) is 0 Å². The number of unbranched alkanes of at least 4 members (excludes halogenated alkanes) is 3. The van der Waals surface area contributed by atoms with Crippen molar-refractivity contribution < 1.29 is 9.47 Å². The lowest BCUT2D eigenvalue weighted by Crippen LogP contribution is -2.16. The summed E-state index contributed by atoms with van der Waals surface area (Å²) in [5.74, 6) is 0. The summed E-state index contributed by atoms with van der Waals surface area (Å²) >= 11 is 0. The first-order valence-electron chi connectivity index (χ1n) is 11.8. The number of hydrogen-bond donors (Lipinski definition) is 3. The van der Waals surface area contributed by atoms with Crippen LogP contribution >= 0.6 is 0 Å². The summed E-state index contributed by atoms with van der Waals surface area (Å²) in [5.41, 5.74) is 10.5. The minimum Gasteiger partial charge on any atom is -0.349 e. The van der Waals surface area contributed by atoms with E-state index < -0.39 is 0 Å². The fourth-order valence-electron chi connectivity index (χ4n) is 3.45. The molecule has 5 heteroatoms. The summed E-state index contributed by atoms with van der Waals surface area (Å²) in [6.07, 6.45) is 4.72. The van der Waals surface area contributed by atoms with Crippen LogP contribution in [0.2, 0.25) is 0 Å². The fraction of sp³-hybridized carbons (Fsp3) is 0.538. The highest BCUT2D eigenvalue weighted by molar-refractivity contribution is 5.23. The Bertz CT molecular complexity index is 683. The van der Waals surface area contributed by atoms with E-state index in [0.29, 0.717) is 19.8 Å². The zero-order valence-electron chi connectivity index (χ0n) is 19.4. The van der Waals surface area contributed by atoms with E-state index in [2.05, 4.69) is 59.2 Å². The number of nitrogens with one attached hydrogen (secondary N) is 2. The third-order valence-corrected chi connectivity index (χ3v) is 5.26. The molecule has 172 valence electrons. The minimum atomic E-state index is -0.261. The molecule has 0 unspecified atom stereocenters. The van der Waals surface area contributed by atoms with E-state index in [1.165, 1.54) is 42.4 Å². The summed E-state index contributed by atoms with van der Waals surface area (Å²) in [4.78, 5) is 0. The molecule has 0 bridgehead atoms. The normalized spacial score (nSPS) is 11.4. The molecule has 0 atom stereocenters. The average molecular weight is 428 g/mol. The molecule has 0 saturated carbocycles. The Morgan fingerprint density at radius 1 is 0.677 bits per heavy atom. The Morgan fingerprint density at radius 2 is 1.13 bits per heavy atom. The SMILES string of the molecule is CCOC(OCC)c1ccc(CNCCCCCCNCc2ccc(CN)cc2)cc1. The molecule has 2 rings (SSSR count). The molecule has 4 N–H and O–H groups in total. The maximum absolute atomic E-state index is 5.65. The van der Waals surface area contributed by atoms with Gasteiger partial charge in [0.15, 0.2) is 6.29 Å². The van der Waals surface area contributed by atoms with Crippen molar-refractivity contribution in [2.75, 3.05) is 26.3 Å². The van der Waals surface area contributed by atoms with Gasteiger partial charge in [0.1, 0.15) is 0 Å². The van der Waals surface area contributed by atoms with Crippen molar-refractivity contribution in [3.8, 4) is 0 Å². The predicted octanol–water partition coefficient (Wildman–Crippen LogP) is 4.66. The van der Waals surface area contributed by atoms with Gasteiger partial charge in [0.05, 0.1) is 0 Å². The summed E-state index contributed by atoms with van der Waals surface area (Å²) in [5, 5.41) is 7.07. The lowest BCUT2D eigenvalue weighted by atomic mass is 10.1. The molecule has 0 fully saturated rings. The van der Waals surface area contributed by atoms with Gasteiger partial charge in [-0.05, 0) is 56.5 Å². The maximum atomic E-state index is 5.65. The number of nitrogens with two attached hydrogens (primary N) is 1. The molecule has 2 aromatic carbocycles. The van der Waals surface area contributed by atoms with Crippen LogP contribution in [-0.2, 0) is 29.1 Å². The van der Waals surface area contributed by atoms with Gasteiger partial charge in [0.25, 0.3) is 0 Å². The standard InChI is InChI=1S/C26H41N3O2/c1-3-30-26(31-4-2)25-15-13-24(14-16-25)21-29-18-8-6-5-7-17-28-20-23-11-9-22(19-27)10-12-23/h9-16,26,28-29H,3-8,17-21,27H2,1-2H3. The van der Waals surface area contributed by atoms with Gasteiger partial charge >= 0.3 is 0 Å². The topological polar surface area (TPSA) is 68.5 Å². The second kappa shape index (κ2) is 16.0. The first-order valence-corrected chi connectivity index (χ1v) is 11.8. The van der Waals surface area contributed by atoms with Crippen LogP contribution in [0.1, 0.15) is 68.1 Å². The van der Waals surface area contributed by atoms with Crippen molar-refractivity contribution in [2.45, 2.75) is 65.5 Å². The smallest absolute Gasteiger partial charge is 0.183 e. The number of benzene rings is 2. The predicted molar refractivity (Wildman–Crippen MR) is 129 cm³/mol. The monoisotopic (exact) mass is 427 g/mol. The number of rotatable bonds is 17. The highest BCUT2D eigenvalue weighted by atomic mass is 16.7. The second-order valence-electron chi connectivity index (χ2n) is 7.77. The number of hydrogen-bond acceptors (Lipinski definition) is 5. The van der Waals surface area contributed by atoms with E-state index in [4.69, 9.17) is 15.2 Å². The molecule has 0 aliphatic rings. The van der Waals surface area contributed by atoms with Crippen molar-refractivity contribution in [1.29, 1.82) is 0 Å². The molecule has 0 aliphatic heterocycles. The van der Waals surface area contributed by atoms with E-state index in [1.807, 2.05) is 13.8 Å². The van der Waals surface area contributed by atoms with Crippen LogP contribution in [0.15, 0.2) is 48.5 Å². The third kappa shape index (κ3) is 10.4. The Hall–Kier alpha value is -1.76. The van der Waals surface area contributed by atoms with Gasteiger partial charge in [-0.2, -0.15) is 0 Å². The molecule has 2 aromatic rings. The van der Waals surface area contributed by atoms with Crippen LogP contribution in [-0.4, -0.2) is 26.3 Å². The van der Waals surface area contributed by atoms with Gasteiger partial charge in [-0.25, -0.2) is 0 Å². The van der Waals surface area contributed by atoms with Crippen LogP contribution < -0.4 is 16.4 Å². The zero-order chi connectivity index (χ0) is 22.2. The second-order valence-corrected chi connectivity index (χ2v) is 7.77. The first-order chi connectivity index (χ1) is 15.3. The molecule has 0 spiro atoms. The Balaban J connectivity index is 1.48. The van der Waals surface area contributed by atoms with Gasteiger partial charge in [-0.3, -0.25) is 0 Å². The maximum Gasteiger partial charge on any atom is 0.183 e. The van der Waals surface area contributed by atoms with Crippen molar-refractivity contribution in [1.82, 2.24) is 10.6 Å². The van der Waals surface area contributed by atoms with E-state index in [0.717, 1.165) is 31.7 Å². The molecule has 0 aliphatic carbocycles. The Labute approximate surface area is 188 Å². The number of ether oxygens (including phenoxy) is 2. The van der Waals surface area contributed by atoms with E-state index in [1.54, 1.807) is 0 Å². The summed E-state index contributed by atoms with van der Waals surface area (Å²) in [6, 6.07) is 17.0. The quantitative estimate of drug-likeness (QED) is 0.253. The summed E-state index contributed by atoms with van der Waals surface area (Å²) in [6.45, 7) is 9.84. The highest BCUT2D eigenvalue weighted by Gasteiger charge is 2.10. The van der Waals surface area contributed by atoms with Crippen LogP contribution in [0.4, 0.5) is 0 Å². The molecular formula is C26H41N3O2. The van der Waals surface area contributed by atoms with Gasteiger partial charge in [0.2, 0.25) is 0 Å². The highest BCUT2D eigenvalue weighted by Crippen LogP contribution is 2.19. The average Bonchev–Trinajstić information content (AvgIpc) is 2.81. The molecule has 31 heavy (non-hydrogen) atoms. The lowest BCUT2D eigenvalue weighted by Gasteiger charge is -2.17. The van der Waals surface area contributed by atoms with Gasteiger partial charge in [-0.15, -0.1) is 0 Å². The van der Waals surface area contributed by atoms with Crippen molar-refractivity contribution in [3.63, 3.8) is 0 Å². The van der Waals surface area contributed by atoms with Crippen molar-refractivity contribution in [3.05, 3.63) is 70.8 Å². The van der Waals surface area contributed by atoms with Crippen molar-refractivity contribution in [2.24, 2.45) is 5.73 Å². The molecular weight excluding hydrogens is 386 g/mol. The Kier molecular flexibility index (Phi) is 13.1. The first kappa shape index (κ1) is 25.5. The van der Waals surface area contributed by atoms with E-state index in [-0.39, 0.29) is 6.29 Å². The zero-order valence-corrected chi connectivity index (χ0v) is 19.4. The third-order valence-electron chi connectivity index (χ3n) is 5.26. The molecule has 0 heterocycles.